The van der Waals surface area contributed by atoms with Gasteiger partial charge >= 0.3 is 12.0 Å². The molecule has 130 valence electrons. The molecular weight excluding hydrogens is 298 g/mol. The molecule has 0 unspecified atom stereocenters. The fourth-order valence-electron chi connectivity index (χ4n) is 3.41. The van der Waals surface area contributed by atoms with E-state index in [1.807, 2.05) is 6.92 Å². The Labute approximate surface area is 136 Å². The monoisotopic (exact) mass is 325 g/mol. The van der Waals surface area contributed by atoms with Crippen molar-refractivity contribution in [3.8, 4) is 0 Å². The summed E-state index contributed by atoms with van der Waals surface area (Å²) >= 11 is 0. The Morgan fingerprint density at radius 1 is 1.09 bits per heavy atom. The second-order valence-corrected chi connectivity index (χ2v) is 6.71. The summed E-state index contributed by atoms with van der Waals surface area (Å²) in [5.41, 5.74) is -0.450. The van der Waals surface area contributed by atoms with E-state index >= 15 is 0 Å². The van der Waals surface area contributed by atoms with Crippen molar-refractivity contribution in [1.29, 1.82) is 0 Å². The molecule has 0 bridgehead atoms. The molecule has 2 aliphatic carbocycles. The Morgan fingerprint density at radius 2 is 1.74 bits per heavy atom. The molecule has 7 nitrogen and oxygen atoms in total. The van der Waals surface area contributed by atoms with E-state index in [1.54, 1.807) is 0 Å². The van der Waals surface area contributed by atoms with Gasteiger partial charge in [0.1, 0.15) is 0 Å². The van der Waals surface area contributed by atoms with Crippen LogP contribution in [-0.2, 0) is 9.59 Å². The molecule has 2 aliphatic rings. The van der Waals surface area contributed by atoms with Crippen LogP contribution in [0, 0.1) is 11.3 Å². The van der Waals surface area contributed by atoms with E-state index in [2.05, 4.69) is 16.0 Å². The van der Waals surface area contributed by atoms with E-state index in [4.69, 9.17) is 5.11 Å². The highest BCUT2D eigenvalue weighted by atomic mass is 16.4. The molecule has 0 aromatic rings. The molecule has 0 spiro atoms. The van der Waals surface area contributed by atoms with E-state index < -0.39 is 11.4 Å². The summed E-state index contributed by atoms with van der Waals surface area (Å²) in [7, 11) is 0. The Morgan fingerprint density at radius 3 is 2.22 bits per heavy atom. The number of hydrogen-bond acceptors (Lipinski definition) is 3. The van der Waals surface area contributed by atoms with Gasteiger partial charge in [-0.1, -0.05) is 6.42 Å². The summed E-state index contributed by atoms with van der Waals surface area (Å²) < 4.78 is 0. The third kappa shape index (κ3) is 4.36. The van der Waals surface area contributed by atoms with E-state index in [1.165, 1.54) is 0 Å². The molecule has 0 heterocycles. The molecule has 4 N–H and O–H groups in total. The number of nitrogens with one attached hydrogen (secondary N) is 3. The highest BCUT2D eigenvalue weighted by Gasteiger charge is 2.44. The molecule has 23 heavy (non-hydrogen) atoms. The zero-order chi connectivity index (χ0) is 16.9. The van der Waals surface area contributed by atoms with E-state index in [9.17, 15) is 14.4 Å². The lowest BCUT2D eigenvalue weighted by atomic mass is 9.68. The van der Waals surface area contributed by atoms with Gasteiger partial charge in [0.2, 0.25) is 5.91 Å². The van der Waals surface area contributed by atoms with E-state index in [-0.39, 0.29) is 23.9 Å². The van der Waals surface area contributed by atoms with Crippen molar-refractivity contribution in [1.82, 2.24) is 16.0 Å². The topological polar surface area (TPSA) is 108 Å². The first kappa shape index (κ1) is 17.6. The first-order valence-corrected chi connectivity index (χ1v) is 8.52. The predicted molar refractivity (Wildman–Crippen MR) is 84.9 cm³/mol. The van der Waals surface area contributed by atoms with Gasteiger partial charge in [0.05, 0.1) is 11.3 Å². The summed E-state index contributed by atoms with van der Waals surface area (Å²) in [6.07, 6.45) is 5.20. The molecule has 2 fully saturated rings. The van der Waals surface area contributed by atoms with Crippen LogP contribution in [0.4, 0.5) is 4.79 Å². The van der Waals surface area contributed by atoms with Crippen molar-refractivity contribution in [3.05, 3.63) is 0 Å². The van der Waals surface area contributed by atoms with Crippen LogP contribution in [0.3, 0.4) is 0 Å². The smallest absolute Gasteiger partial charge is 0.315 e. The average molecular weight is 325 g/mol. The highest BCUT2D eigenvalue weighted by Crippen LogP contribution is 2.40. The van der Waals surface area contributed by atoms with Crippen LogP contribution < -0.4 is 16.0 Å². The second-order valence-electron chi connectivity index (χ2n) is 6.71. The highest BCUT2D eigenvalue weighted by molar-refractivity contribution is 5.84. The number of aliphatic carboxylic acids is 1. The van der Waals surface area contributed by atoms with Gasteiger partial charge in [0.25, 0.3) is 0 Å². The first-order valence-electron chi connectivity index (χ1n) is 8.52. The number of carbonyl (C=O) groups is 3. The Kier molecular flexibility index (Phi) is 5.85. The zero-order valence-electron chi connectivity index (χ0n) is 13.7. The van der Waals surface area contributed by atoms with Gasteiger partial charge in [-0.15, -0.1) is 0 Å². The van der Waals surface area contributed by atoms with Crippen molar-refractivity contribution in [3.63, 3.8) is 0 Å². The van der Waals surface area contributed by atoms with Crippen LogP contribution in [0.15, 0.2) is 0 Å². The molecule has 0 aliphatic heterocycles. The summed E-state index contributed by atoms with van der Waals surface area (Å²) in [6.45, 7) is 2.84. The molecule has 3 amide bonds. The minimum atomic E-state index is -0.748. The molecule has 0 radical (unpaired) electrons. The van der Waals surface area contributed by atoms with E-state index in [0.29, 0.717) is 38.8 Å². The fourth-order valence-corrected chi connectivity index (χ4v) is 3.41. The van der Waals surface area contributed by atoms with Gasteiger partial charge in [-0.05, 0) is 45.4 Å². The summed E-state index contributed by atoms with van der Waals surface area (Å²) in [5, 5.41) is 17.5. The molecule has 7 heteroatoms. The number of carbonyl (C=O) groups excluding carboxylic acids is 2. The molecule has 0 saturated heterocycles. The average Bonchev–Trinajstić information content (AvgIpc) is 2.47. The van der Waals surface area contributed by atoms with E-state index in [0.717, 1.165) is 19.3 Å². The number of rotatable bonds is 6. The van der Waals surface area contributed by atoms with Crippen molar-refractivity contribution in [2.45, 2.75) is 57.9 Å². The summed E-state index contributed by atoms with van der Waals surface area (Å²) in [5.74, 6) is -1.01. The summed E-state index contributed by atoms with van der Waals surface area (Å²) in [6, 6.07) is -0.244. The standard InChI is InChI=1S/C16H27N3O4/c1-2-17-14(22)16(8-3-9-16)10-18-15(23)19-12-6-4-11(5-7-12)13(20)21/h11-12H,2-10H2,1H3,(H,17,22)(H,20,21)(H2,18,19,23). The van der Waals surface area contributed by atoms with Gasteiger partial charge in [-0.25, -0.2) is 4.79 Å². The van der Waals surface area contributed by atoms with Crippen molar-refractivity contribution in [2.75, 3.05) is 13.1 Å². The SMILES string of the molecule is CCNC(=O)C1(CNC(=O)NC2CCC(C(=O)O)CC2)CCC1. The minimum absolute atomic E-state index is 0.0207. The maximum atomic E-state index is 12.1. The van der Waals surface area contributed by atoms with Crippen LogP contribution in [0.25, 0.3) is 0 Å². The van der Waals surface area contributed by atoms with Gasteiger partial charge in [-0.3, -0.25) is 9.59 Å². The second kappa shape index (κ2) is 7.66. The number of carboxylic acid groups (broad SMARTS) is 1. The number of hydrogen-bond donors (Lipinski definition) is 4. The molecule has 0 aromatic carbocycles. The Bertz CT molecular complexity index is 454. The van der Waals surface area contributed by atoms with Gasteiger partial charge in [0.15, 0.2) is 0 Å². The van der Waals surface area contributed by atoms with Crippen LogP contribution in [0.5, 0.6) is 0 Å². The third-order valence-corrected chi connectivity index (χ3v) is 5.13. The Hall–Kier alpha value is -1.79. The van der Waals surface area contributed by atoms with Crippen molar-refractivity contribution >= 4 is 17.9 Å². The number of carboxylic acids is 1. The normalized spacial score (nSPS) is 25.8. The number of urea groups is 1. The quantitative estimate of drug-likeness (QED) is 0.589. The predicted octanol–water partition coefficient (Wildman–Crippen LogP) is 1.24. The van der Waals surface area contributed by atoms with Gasteiger partial charge in [0, 0.05) is 19.1 Å². The van der Waals surface area contributed by atoms with Crippen molar-refractivity contribution in [2.24, 2.45) is 11.3 Å². The molecular formula is C16H27N3O4. The van der Waals surface area contributed by atoms with Crippen LogP contribution in [0.1, 0.15) is 51.9 Å². The summed E-state index contributed by atoms with van der Waals surface area (Å²) in [4.78, 5) is 35.1. The maximum Gasteiger partial charge on any atom is 0.315 e. The lowest BCUT2D eigenvalue weighted by Gasteiger charge is -2.40. The van der Waals surface area contributed by atoms with Crippen molar-refractivity contribution < 1.29 is 19.5 Å². The fraction of sp³-hybridized carbons (Fsp3) is 0.812. The lowest BCUT2D eigenvalue weighted by Crippen LogP contribution is -2.54. The van der Waals surface area contributed by atoms with Crippen LogP contribution >= 0.6 is 0 Å². The first-order chi connectivity index (χ1) is 11.0. The molecule has 2 saturated carbocycles. The zero-order valence-corrected chi connectivity index (χ0v) is 13.7. The van der Waals surface area contributed by atoms with Crippen LogP contribution in [0.2, 0.25) is 0 Å². The van der Waals surface area contributed by atoms with Crippen LogP contribution in [-0.4, -0.2) is 42.1 Å². The molecule has 0 aromatic heterocycles. The number of amides is 3. The Balaban J connectivity index is 1.73. The third-order valence-electron chi connectivity index (χ3n) is 5.13. The molecule has 0 atom stereocenters. The lowest BCUT2D eigenvalue weighted by molar-refractivity contribution is -0.142. The molecule has 2 rings (SSSR count). The largest absolute Gasteiger partial charge is 0.481 e. The van der Waals surface area contributed by atoms with Gasteiger partial charge < -0.3 is 21.1 Å². The maximum absolute atomic E-state index is 12.1. The minimum Gasteiger partial charge on any atom is -0.481 e. The van der Waals surface area contributed by atoms with Gasteiger partial charge in [-0.2, -0.15) is 0 Å².